The van der Waals surface area contributed by atoms with Crippen molar-refractivity contribution in [2.45, 2.75) is 0 Å². The minimum Gasteiger partial charge on any atom is -0.478 e. The van der Waals surface area contributed by atoms with Crippen LogP contribution in [-0.2, 0) is 4.79 Å². The van der Waals surface area contributed by atoms with Crippen LogP contribution in [0, 0.1) is 0 Å². The number of nitrogens with zero attached hydrogens (tertiary/aromatic N) is 2. The van der Waals surface area contributed by atoms with Gasteiger partial charge in [0.1, 0.15) is 5.65 Å². The van der Waals surface area contributed by atoms with E-state index in [-0.39, 0.29) is 6.79 Å². The zero-order chi connectivity index (χ0) is 15.8. The molecule has 6 heteroatoms. The SMILES string of the molecule is O=C(O)/C=C/c1c(-c2ccc3c(c2)OCO3)nc2ccccn12. The van der Waals surface area contributed by atoms with Crippen molar-refractivity contribution in [2.75, 3.05) is 6.79 Å². The van der Waals surface area contributed by atoms with E-state index >= 15 is 0 Å². The fourth-order valence-electron chi connectivity index (χ4n) is 2.58. The summed E-state index contributed by atoms with van der Waals surface area (Å²) in [7, 11) is 0. The van der Waals surface area contributed by atoms with Crippen molar-refractivity contribution in [1.29, 1.82) is 0 Å². The summed E-state index contributed by atoms with van der Waals surface area (Å²) in [6.07, 6.45) is 4.50. The lowest BCUT2D eigenvalue weighted by atomic mass is 10.1. The summed E-state index contributed by atoms with van der Waals surface area (Å²) in [5.74, 6) is 0.348. The van der Waals surface area contributed by atoms with Gasteiger partial charge in [-0.3, -0.25) is 4.40 Å². The molecule has 0 spiro atoms. The Labute approximate surface area is 131 Å². The zero-order valence-electron chi connectivity index (χ0n) is 12.0. The Bertz CT molecular complexity index is 943. The second kappa shape index (κ2) is 5.17. The van der Waals surface area contributed by atoms with Crippen molar-refractivity contribution in [1.82, 2.24) is 9.38 Å². The van der Waals surface area contributed by atoms with Crippen LogP contribution in [0.5, 0.6) is 11.5 Å². The first kappa shape index (κ1) is 13.4. The van der Waals surface area contributed by atoms with Gasteiger partial charge in [0, 0.05) is 17.8 Å². The number of carbonyl (C=O) groups is 1. The number of fused-ring (bicyclic) bond motifs is 2. The van der Waals surface area contributed by atoms with Gasteiger partial charge in [0.15, 0.2) is 11.5 Å². The molecule has 114 valence electrons. The number of hydrogen-bond donors (Lipinski definition) is 1. The standard InChI is InChI=1S/C17H12N2O4/c20-16(21)7-5-12-17(18-15-3-1-2-8-19(12)15)11-4-6-13-14(9-11)23-10-22-13/h1-9H,10H2,(H,20,21)/b7-5+. The number of carboxylic acid groups (broad SMARTS) is 1. The van der Waals surface area contributed by atoms with Gasteiger partial charge in [0.25, 0.3) is 0 Å². The summed E-state index contributed by atoms with van der Waals surface area (Å²) < 4.78 is 12.6. The molecule has 1 aromatic carbocycles. The van der Waals surface area contributed by atoms with Gasteiger partial charge in [0.05, 0.1) is 11.4 Å². The summed E-state index contributed by atoms with van der Waals surface area (Å²) in [6.45, 7) is 0.204. The van der Waals surface area contributed by atoms with Gasteiger partial charge in [-0.2, -0.15) is 0 Å². The van der Waals surface area contributed by atoms with Gasteiger partial charge in [0.2, 0.25) is 6.79 Å². The summed E-state index contributed by atoms with van der Waals surface area (Å²) in [5.41, 5.74) is 2.96. The summed E-state index contributed by atoms with van der Waals surface area (Å²) in [6, 6.07) is 11.2. The number of ether oxygens (including phenoxy) is 2. The molecule has 0 unspecified atom stereocenters. The van der Waals surface area contributed by atoms with Gasteiger partial charge in [-0.15, -0.1) is 0 Å². The number of hydrogen-bond acceptors (Lipinski definition) is 4. The average molecular weight is 308 g/mol. The minimum atomic E-state index is -1.01. The molecule has 23 heavy (non-hydrogen) atoms. The normalized spacial score (nSPS) is 13.0. The van der Waals surface area contributed by atoms with Crippen molar-refractivity contribution >= 4 is 17.7 Å². The maximum absolute atomic E-state index is 10.9. The van der Waals surface area contributed by atoms with Crippen molar-refractivity contribution in [3.63, 3.8) is 0 Å². The third-order valence-electron chi connectivity index (χ3n) is 3.60. The predicted octanol–water partition coefficient (Wildman–Crippen LogP) is 2.83. The monoisotopic (exact) mass is 308 g/mol. The van der Waals surface area contributed by atoms with Gasteiger partial charge < -0.3 is 14.6 Å². The highest BCUT2D eigenvalue weighted by molar-refractivity contribution is 5.87. The molecule has 0 atom stereocenters. The van der Waals surface area contributed by atoms with Gasteiger partial charge in [-0.1, -0.05) is 6.07 Å². The largest absolute Gasteiger partial charge is 0.478 e. The number of aliphatic carboxylic acids is 1. The van der Waals surface area contributed by atoms with Crippen LogP contribution >= 0.6 is 0 Å². The Morgan fingerprint density at radius 3 is 2.96 bits per heavy atom. The molecular weight excluding hydrogens is 296 g/mol. The molecule has 2 aromatic heterocycles. The van der Waals surface area contributed by atoms with E-state index in [1.165, 1.54) is 0 Å². The van der Waals surface area contributed by atoms with E-state index in [1.54, 1.807) is 6.08 Å². The topological polar surface area (TPSA) is 73.1 Å². The third kappa shape index (κ3) is 2.30. The molecule has 0 saturated carbocycles. The first-order valence-corrected chi connectivity index (χ1v) is 7.00. The Kier molecular flexibility index (Phi) is 3.01. The van der Waals surface area contributed by atoms with E-state index < -0.39 is 5.97 Å². The van der Waals surface area contributed by atoms with Crippen LogP contribution in [0.25, 0.3) is 23.0 Å². The molecule has 0 saturated heterocycles. The molecule has 0 fully saturated rings. The molecule has 1 aliphatic rings. The maximum atomic E-state index is 10.9. The van der Waals surface area contributed by atoms with E-state index in [0.717, 1.165) is 17.3 Å². The lowest BCUT2D eigenvalue weighted by Gasteiger charge is -2.02. The number of aromatic nitrogens is 2. The van der Waals surface area contributed by atoms with Crippen LogP contribution in [0.4, 0.5) is 0 Å². The maximum Gasteiger partial charge on any atom is 0.328 e. The van der Waals surface area contributed by atoms with E-state index in [0.29, 0.717) is 22.9 Å². The van der Waals surface area contributed by atoms with E-state index in [9.17, 15) is 4.79 Å². The first-order valence-electron chi connectivity index (χ1n) is 7.00. The molecule has 0 bridgehead atoms. The molecular formula is C17H12N2O4. The molecule has 4 rings (SSSR count). The Hall–Kier alpha value is -3.28. The Morgan fingerprint density at radius 2 is 2.09 bits per heavy atom. The summed E-state index contributed by atoms with van der Waals surface area (Å²) >= 11 is 0. The number of pyridine rings is 1. The number of rotatable bonds is 3. The van der Waals surface area contributed by atoms with Crippen molar-refractivity contribution in [2.24, 2.45) is 0 Å². The molecule has 6 nitrogen and oxygen atoms in total. The minimum absolute atomic E-state index is 0.204. The summed E-state index contributed by atoms with van der Waals surface area (Å²) in [5, 5.41) is 8.92. The van der Waals surface area contributed by atoms with Crippen LogP contribution in [0.15, 0.2) is 48.7 Å². The molecule has 3 aromatic rings. The lowest BCUT2D eigenvalue weighted by molar-refractivity contribution is -0.131. The second-order valence-electron chi connectivity index (χ2n) is 5.01. The fraction of sp³-hybridized carbons (Fsp3) is 0.0588. The first-order chi connectivity index (χ1) is 11.2. The lowest BCUT2D eigenvalue weighted by Crippen LogP contribution is -1.93. The smallest absolute Gasteiger partial charge is 0.328 e. The van der Waals surface area contributed by atoms with Gasteiger partial charge in [-0.25, -0.2) is 9.78 Å². The van der Waals surface area contributed by atoms with Crippen LogP contribution in [-0.4, -0.2) is 27.3 Å². The highest BCUT2D eigenvalue weighted by Crippen LogP contribution is 2.37. The van der Waals surface area contributed by atoms with E-state index in [2.05, 4.69) is 4.98 Å². The van der Waals surface area contributed by atoms with Gasteiger partial charge >= 0.3 is 5.97 Å². The van der Waals surface area contributed by atoms with E-state index in [4.69, 9.17) is 14.6 Å². The number of benzene rings is 1. The van der Waals surface area contributed by atoms with Crippen LogP contribution in [0.2, 0.25) is 0 Å². The second-order valence-corrected chi connectivity index (χ2v) is 5.01. The quantitative estimate of drug-likeness (QED) is 0.753. The molecule has 3 heterocycles. The third-order valence-corrected chi connectivity index (χ3v) is 3.60. The van der Waals surface area contributed by atoms with Gasteiger partial charge in [-0.05, 0) is 36.4 Å². The van der Waals surface area contributed by atoms with Crippen LogP contribution in [0.1, 0.15) is 5.69 Å². The predicted molar refractivity (Wildman–Crippen MR) is 83.4 cm³/mol. The highest BCUT2D eigenvalue weighted by atomic mass is 16.7. The Morgan fingerprint density at radius 1 is 1.22 bits per heavy atom. The number of carboxylic acids is 1. The molecule has 1 aliphatic heterocycles. The summed E-state index contributed by atoms with van der Waals surface area (Å²) in [4.78, 5) is 15.5. The van der Waals surface area contributed by atoms with Crippen LogP contribution < -0.4 is 9.47 Å². The molecule has 1 N–H and O–H groups in total. The fourth-order valence-corrected chi connectivity index (χ4v) is 2.58. The van der Waals surface area contributed by atoms with Crippen LogP contribution in [0.3, 0.4) is 0 Å². The highest BCUT2D eigenvalue weighted by Gasteiger charge is 2.17. The zero-order valence-corrected chi connectivity index (χ0v) is 12.0. The average Bonchev–Trinajstić information content (AvgIpc) is 3.16. The molecule has 0 aliphatic carbocycles. The molecule has 0 amide bonds. The van der Waals surface area contributed by atoms with Crippen molar-refractivity contribution in [3.8, 4) is 22.8 Å². The van der Waals surface area contributed by atoms with Crippen molar-refractivity contribution < 1.29 is 19.4 Å². The Balaban J connectivity index is 1.92. The van der Waals surface area contributed by atoms with Crippen molar-refractivity contribution in [3.05, 3.63) is 54.4 Å². The number of imidazole rings is 1. The van der Waals surface area contributed by atoms with E-state index in [1.807, 2.05) is 47.0 Å². The molecule has 0 radical (unpaired) electrons.